The molecule has 0 radical (unpaired) electrons. The SMILES string of the molecule is CC[C@H](C)CC[C@H](C)CCNC(N)=NCCCC(C)C. The standard InChI is InChI=1S/C17H37N3/c1-6-15(4)9-10-16(5)11-13-20-17(18)19-12-7-8-14(2)3/h14-16H,6-13H2,1-5H3,(H3,18,19,20)/t15-,16-/m0/s1. The van der Waals surface area contributed by atoms with E-state index in [0.29, 0.717) is 5.96 Å². The highest BCUT2D eigenvalue weighted by Crippen LogP contribution is 2.16. The molecule has 0 aliphatic heterocycles. The van der Waals surface area contributed by atoms with Crippen molar-refractivity contribution in [3.05, 3.63) is 0 Å². The fraction of sp³-hybridized carbons (Fsp3) is 0.941. The molecule has 120 valence electrons. The van der Waals surface area contributed by atoms with Crippen LogP contribution in [0.25, 0.3) is 0 Å². The Morgan fingerprint density at radius 1 is 1.00 bits per heavy atom. The van der Waals surface area contributed by atoms with Crippen molar-refractivity contribution in [1.29, 1.82) is 0 Å². The molecule has 3 nitrogen and oxygen atoms in total. The van der Waals surface area contributed by atoms with Crippen molar-refractivity contribution in [3.8, 4) is 0 Å². The highest BCUT2D eigenvalue weighted by molar-refractivity contribution is 5.77. The van der Waals surface area contributed by atoms with E-state index in [0.717, 1.165) is 37.3 Å². The maximum absolute atomic E-state index is 5.86. The molecule has 0 aliphatic carbocycles. The van der Waals surface area contributed by atoms with Gasteiger partial charge in [-0.15, -0.1) is 0 Å². The van der Waals surface area contributed by atoms with Crippen LogP contribution in [-0.4, -0.2) is 19.0 Å². The van der Waals surface area contributed by atoms with Crippen LogP contribution in [0.1, 0.15) is 73.1 Å². The first kappa shape index (κ1) is 19.3. The number of guanidine groups is 1. The van der Waals surface area contributed by atoms with E-state index in [9.17, 15) is 0 Å². The van der Waals surface area contributed by atoms with Crippen LogP contribution in [0.3, 0.4) is 0 Å². The van der Waals surface area contributed by atoms with Gasteiger partial charge in [0.1, 0.15) is 0 Å². The summed E-state index contributed by atoms with van der Waals surface area (Å²) in [5, 5.41) is 3.23. The van der Waals surface area contributed by atoms with E-state index in [1.807, 2.05) is 0 Å². The van der Waals surface area contributed by atoms with Crippen LogP contribution in [0.4, 0.5) is 0 Å². The van der Waals surface area contributed by atoms with Gasteiger partial charge >= 0.3 is 0 Å². The Hall–Kier alpha value is -0.730. The van der Waals surface area contributed by atoms with Crippen LogP contribution in [0.15, 0.2) is 4.99 Å². The lowest BCUT2D eigenvalue weighted by molar-refractivity contribution is 0.406. The van der Waals surface area contributed by atoms with Crippen LogP contribution >= 0.6 is 0 Å². The molecule has 3 N–H and O–H groups in total. The average molecular weight is 284 g/mol. The largest absolute Gasteiger partial charge is 0.370 e. The van der Waals surface area contributed by atoms with Gasteiger partial charge in [-0.1, -0.05) is 53.9 Å². The molecule has 0 fully saturated rings. The van der Waals surface area contributed by atoms with Gasteiger partial charge in [0.25, 0.3) is 0 Å². The predicted octanol–water partition coefficient (Wildman–Crippen LogP) is 4.18. The number of aliphatic imine (C=N–C) groups is 1. The second-order valence-electron chi connectivity index (χ2n) is 6.71. The minimum Gasteiger partial charge on any atom is -0.370 e. The Morgan fingerprint density at radius 2 is 1.65 bits per heavy atom. The van der Waals surface area contributed by atoms with Gasteiger partial charge in [-0.3, -0.25) is 4.99 Å². The number of nitrogens with one attached hydrogen (secondary N) is 1. The monoisotopic (exact) mass is 283 g/mol. The zero-order valence-electron chi connectivity index (χ0n) is 14.4. The zero-order valence-corrected chi connectivity index (χ0v) is 14.4. The Bertz CT molecular complexity index is 249. The van der Waals surface area contributed by atoms with Crippen molar-refractivity contribution in [2.75, 3.05) is 13.1 Å². The molecule has 20 heavy (non-hydrogen) atoms. The summed E-state index contributed by atoms with van der Waals surface area (Å²) in [6.45, 7) is 13.2. The van der Waals surface area contributed by atoms with E-state index in [4.69, 9.17) is 5.73 Å². The topological polar surface area (TPSA) is 50.4 Å². The second kappa shape index (κ2) is 12.0. The van der Waals surface area contributed by atoms with E-state index in [2.05, 4.69) is 44.9 Å². The predicted molar refractivity (Wildman–Crippen MR) is 91.0 cm³/mol. The van der Waals surface area contributed by atoms with E-state index in [1.54, 1.807) is 0 Å². The molecule has 0 spiro atoms. The lowest BCUT2D eigenvalue weighted by atomic mass is 9.94. The van der Waals surface area contributed by atoms with Crippen LogP contribution in [0.5, 0.6) is 0 Å². The number of rotatable bonds is 11. The lowest BCUT2D eigenvalue weighted by Crippen LogP contribution is -2.33. The maximum atomic E-state index is 5.86. The van der Waals surface area contributed by atoms with Crippen LogP contribution in [0, 0.1) is 17.8 Å². The summed E-state index contributed by atoms with van der Waals surface area (Å²) >= 11 is 0. The first-order valence-corrected chi connectivity index (χ1v) is 8.49. The van der Waals surface area contributed by atoms with Crippen molar-refractivity contribution in [2.24, 2.45) is 28.5 Å². The fourth-order valence-corrected chi connectivity index (χ4v) is 2.12. The van der Waals surface area contributed by atoms with Gasteiger partial charge in [0.15, 0.2) is 5.96 Å². The summed E-state index contributed by atoms with van der Waals surface area (Å²) in [7, 11) is 0. The summed E-state index contributed by atoms with van der Waals surface area (Å²) < 4.78 is 0. The van der Waals surface area contributed by atoms with Gasteiger partial charge in [-0.05, 0) is 37.0 Å². The fourth-order valence-electron chi connectivity index (χ4n) is 2.12. The van der Waals surface area contributed by atoms with Gasteiger partial charge in [-0.2, -0.15) is 0 Å². The normalized spacial score (nSPS) is 15.4. The summed E-state index contributed by atoms with van der Waals surface area (Å²) in [5.74, 6) is 3.00. The average Bonchev–Trinajstić information content (AvgIpc) is 2.40. The van der Waals surface area contributed by atoms with E-state index in [1.165, 1.54) is 32.1 Å². The third kappa shape index (κ3) is 12.3. The second-order valence-corrected chi connectivity index (χ2v) is 6.71. The summed E-state index contributed by atoms with van der Waals surface area (Å²) in [5.41, 5.74) is 5.86. The van der Waals surface area contributed by atoms with Crippen molar-refractivity contribution in [1.82, 2.24) is 5.32 Å². The Balaban J connectivity index is 3.58. The molecular weight excluding hydrogens is 246 g/mol. The first-order chi connectivity index (χ1) is 9.45. The highest BCUT2D eigenvalue weighted by Gasteiger charge is 2.05. The number of nitrogens with two attached hydrogens (primary N) is 1. The highest BCUT2D eigenvalue weighted by atomic mass is 15.1. The first-order valence-electron chi connectivity index (χ1n) is 8.49. The number of hydrogen-bond donors (Lipinski definition) is 2. The molecule has 2 atom stereocenters. The molecule has 0 aromatic heterocycles. The van der Waals surface area contributed by atoms with E-state index >= 15 is 0 Å². The molecule has 0 aliphatic rings. The van der Waals surface area contributed by atoms with Gasteiger partial charge < -0.3 is 11.1 Å². The van der Waals surface area contributed by atoms with E-state index in [-0.39, 0.29) is 0 Å². The van der Waals surface area contributed by atoms with E-state index < -0.39 is 0 Å². The minimum atomic E-state index is 0.614. The molecule has 0 saturated carbocycles. The van der Waals surface area contributed by atoms with Crippen LogP contribution in [-0.2, 0) is 0 Å². The minimum absolute atomic E-state index is 0.614. The van der Waals surface area contributed by atoms with Crippen molar-refractivity contribution >= 4 is 5.96 Å². The molecule has 3 heteroatoms. The molecule has 0 aromatic carbocycles. The maximum Gasteiger partial charge on any atom is 0.188 e. The van der Waals surface area contributed by atoms with Gasteiger partial charge in [0.05, 0.1) is 0 Å². The lowest BCUT2D eigenvalue weighted by Gasteiger charge is -2.14. The Labute approximate surface area is 126 Å². The molecule has 0 amide bonds. The third-order valence-electron chi connectivity index (χ3n) is 4.01. The number of nitrogens with zero attached hydrogens (tertiary/aromatic N) is 1. The van der Waals surface area contributed by atoms with Gasteiger partial charge in [0, 0.05) is 13.1 Å². The van der Waals surface area contributed by atoms with Gasteiger partial charge in [-0.25, -0.2) is 0 Å². The molecule has 0 saturated heterocycles. The van der Waals surface area contributed by atoms with Crippen molar-refractivity contribution in [2.45, 2.75) is 73.1 Å². The molecule has 0 unspecified atom stereocenters. The summed E-state index contributed by atoms with van der Waals surface area (Å²) in [6.07, 6.45) is 7.49. The quantitative estimate of drug-likeness (QED) is 0.339. The summed E-state index contributed by atoms with van der Waals surface area (Å²) in [6, 6.07) is 0. The molecule has 0 aromatic rings. The molecule has 0 heterocycles. The Kier molecular flexibility index (Phi) is 11.6. The van der Waals surface area contributed by atoms with Crippen molar-refractivity contribution < 1.29 is 0 Å². The molecule has 0 bridgehead atoms. The number of hydrogen-bond acceptors (Lipinski definition) is 1. The smallest absolute Gasteiger partial charge is 0.188 e. The molecule has 0 rings (SSSR count). The van der Waals surface area contributed by atoms with Crippen molar-refractivity contribution in [3.63, 3.8) is 0 Å². The van der Waals surface area contributed by atoms with Crippen LogP contribution < -0.4 is 11.1 Å². The molecular formula is C17H37N3. The zero-order chi connectivity index (χ0) is 15.4. The Morgan fingerprint density at radius 3 is 2.25 bits per heavy atom. The van der Waals surface area contributed by atoms with Gasteiger partial charge in [0.2, 0.25) is 0 Å². The third-order valence-corrected chi connectivity index (χ3v) is 4.01. The van der Waals surface area contributed by atoms with Crippen LogP contribution in [0.2, 0.25) is 0 Å². The summed E-state index contributed by atoms with van der Waals surface area (Å²) in [4.78, 5) is 4.36.